The van der Waals surface area contributed by atoms with Gasteiger partial charge in [-0.2, -0.15) is 0 Å². The maximum atomic E-state index is 11.5. The summed E-state index contributed by atoms with van der Waals surface area (Å²) in [6, 6.07) is 0.164. The van der Waals surface area contributed by atoms with Crippen LogP contribution in [0.3, 0.4) is 0 Å². The van der Waals surface area contributed by atoms with E-state index in [1.165, 1.54) is 6.20 Å². The van der Waals surface area contributed by atoms with Gasteiger partial charge in [0.05, 0.1) is 18.8 Å². The average molecular weight is 334 g/mol. The summed E-state index contributed by atoms with van der Waals surface area (Å²) in [5, 5.41) is 3.18. The Bertz CT molecular complexity index is 589. The van der Waals surface area contributed by atoms with Crippen molar-refractivity contribution in [3.63, 3.8) is 0 Å². The highest BCUT2D eigenvalue weighted by atomic mass is 16.7. The Morgan fingerprint density at radius 2 is 2.04 bits per heavy atom. The molecule has 7 heteroatoms. The maximum absolute atomic E-state index is 11.5. The Labute approximate surface area is 142 Å². The highest BCUT2D eigenvalue weighted by Gasteiger charge is 2.40. The molecule has 3 N–H and O–H groups in total. The van der Waals surface area contributed by atoms with E-state index in [-0.39, 0.29) is 11.8 Å². The molecule has 3 rings (SSSR count). The molecule has 0 aromatic carbocycles. The fourth-order valence-corrected chi connectivity index (χ4v) is 3.45. The van der Waals surface area contributed by atoms with Crippen molar-refractivity contribution >= 4 is 11.7 Å². The number of carbonyl (C=O) groups is 1. The number of ether oxygens (including phenoxy) is 2. The molecule has 1 saturated carbocycles. The van der Waals surface area contributed by atoms with E-state index < -0.39 is 5.91 Å². The molecule has 0 atom stereocenters. The average Bonchev–Trinajstić information content (AvgIpc) is 2.97. The lowest BCUT2D eigenvalue weighted by molar-refractivity contribution is -0.182. The van der Waals surface area contributed by atoms with Crippen LogP contribution in [0.5, 0.6) is 0 Å². The molecular weight excluding hydrogens is 308 g/mol. The summed E-state index contributed by atoms with van der Waals surface area (Å²) in [4.78, 5) is 20.4. The van der Waals surface area contributed by atoms with Crippen molar-refractivity contribution in [1.29, 1.82) is 0 Å². The van der Waals surface area contributed by atoms with Crippen LogP contribution in [0.2, 0.25) is 0 Å². The van der Waals surface area contributed by atoms with Gasteiger partial charge in [-0.3, -0.25) is 4.79 Å². The predicted octanol–water partition coefficient (Wildman–Crippen LogP) is 1.87. The molecule has 0 radical (unpaired) electrons. The number of hydrogen-bond acceptors (Lipinski definition) is 6. The third-order valence-electron chi connectivity index (χ3n) is 4.68. The second-order valence-electron chi connectivity index (χ2n) is 6.97. The van der Waals surface area contributed by atoms with Crippen molar-refractivity contribution in [2.45, 2.75) is 57.8 Å². The Balaban J connectivity index is 1.66. The van der Waals surface area contributed by atoms with Crippen LogP contribution in [0.15, 0.2) is 6.20 Å². The number of rotatable bonds is 5. The summed E-state index contributed by atoms with van der Waals surface area (Å²) < 4.78 is 11.5. The Kier molecular flexibility index (Phi) is 5.01. The van der Waals surface area contributed by atoms with Crippen molar-refractivity contribution in [3.8, 4) is 0 Å². The van der Waals surface area contributed by atoms with Crippen LogP contribution in [0, 0.1) is 5.92 Å². The molecule has 1 amide bonds. The molecular formula is C17H26N4O3. The number of hydrogen-bond donors (Lipinski definition) is 2. The summed E-state index contributed by atoms with van der Waals surface area (Å²) in [6.45, 7) is 5.39. The maximum Gasteiger partial charge on any atom is 0.254 e. The summed E-state index contributed by atoms with van der Waals surface area (Å²) in [5.41, 5.74) is 5.74. The number of primary amides is 1. The Morgan fingerprint density at radius 3 is 2.62 bits per heavy atom. The summed E-state index contributed by atoms with van der Waals surface area (Å²) in [6.07, 6.45) is 6.24. The molecule has 1 saturated heterocycles. The smallest absolute Gasteiger partial charge is 0.254 e. The first-order chi connectivity index (χ1) is 11.5. The molecule has 0 unspecified atom stereocenters. The first kappa shape index (κ1) is 17.1. The number of amides is 1. The zero-order valence-corrected chi connectivity index (χ0v) is 14.4. The first-order valence-corrected chi connectivity index (χ1v) is 8.67. The molecule has 1 aromatic heterocycles. The van der Waals surface area contributed by atoms with Gasteiger partial charge in [0, 0.05) is 31.5 Å². The molecule has 1 aromatic rings. The van der Waals surface area contributed by atoms with E-state index in [1.54, 1.807) is 0 Å². The highest BCUT2D eigenvalue weighted by Crippen LogP contribution is 2.39. The van der Waals surface area contributed by atoms with E-state index in [4.69, 9.17) is 15.2 Å². The van der Waals surface area contributed by atoms with Crippen LogP contribution in [0.1, 0.15) is 55.7 Å². The van der Waals surface area contributed by atoms with Crippen molar-refractivity contribution < 1.29 is 14.3 Å². The second kappa shape index (κ2) is 7.03. The highest BCUT2D eigenvalue weighted by molar-refractivity contribution is 5.97. The van der Waals surface area contributed by atoms with Gasteiger partial charge in [0.1, 0.15) is 11.6 Å². The predicted molar refractivity (Wildman–Crippen MR) is 89.6 cm³/mol. The van der Waals surface area contributed by atoms with Crippen molar-refractivity contribution in [3.05, 3.63) is 17.6 Å². The van der Waals surface area contributed by atoms with Gasteiger partial charge in [0.2, 0.25) is 0 Å². The van der Waals surface area contributed by atoms with Gasteiger partial charge >= 0.3 is 0 Å². The van der Waals surface area contributed by atoms with Crippen LogP contribution < -0.4 is 11.1 Å². The Morgan fingerprint density at radius 1 is 1.38 bits per heavy atom. The molecule has 2 aliphatic rings. The molecule has 132 valence electrons. The van der Waals surface area contributed by atoms with Gasteiger partial charge in [0.25, 0.3) is 5.91 Å². The zero-order chi connectivity index (χ0) is 17.2. The number of anilines is 1. The molecule has 1 spiro atoms. The SMILES string of the molecule is CC(C)Nc1nc(CC2CCC3(CC2)OCCO3)ncc1C(N)=O. The van der Waals surface area contributed by atoms with E-state index in [0.717, 1.165) is 37.9 Å². The minimum Gasteiger partial charge on any atom is -0.367 e. The second-order valence-corrected chi connectivity index (χ2v) is 6.97. The van der Waals surface area contributed by atoms with E-state index in [9.17, 15) is 4.79 Å². The molecule has 7 nitrogen and oxygen atoms in total. The molecule has 2 fully saturated rings. The quantitative estimate of drug-likeness (QED) is 0.853. The van der Waals surface area contributed by atoms with E-state index in [0.29, 0.717) is 30.5 Å². The van der Waals surface area contributed by atoms with Crippen LogP contribution >= 0.6 is 0 Å². The lowest BCUT2D eigenvalue weighted by Crippen LogP contribution is -2.35. The molecule has 2 heterocycles. The van der Waals surface area contributed by atoms with Gasteiger partial charge in [-0.15, -0.1) is 0 Å². The van der Waals surface area contributed by atoms with Gasteiger partial charge in [-0.25, -0.2) is 9.97 Å². The third kappa shape index (κ3) is 3.84. The van der Waals surface area contributed by atoms with Crippen LogP contribution in [0.4, 0.5) is 5.82 Å². The number of nitrogens with one attached hydrogen (secondary N) is 1. The molecule has 1 aliphatic heterocycles. The van der Waals surface area contributed by atoms with E-state index in [1.807, 2.05) is 13.8 Å². The largest absolute Gasteiger partial charge is 0.367 e. The number of nitrogens with two attached hydrogens (primary N) is 1. The summed E-state index contributed by atoms with van der Waals surface area (Å²) >= 11 is 0. The van der Waals surface area contributed by atoms with Crippen molar-refractivity contribution in [2.75, 3.05) is 18.5 Å². The third-order valence-corrected chi connectivity index (χ3v) is 4.68. The number of carbonyl (C=O) groups excluding carboxylic acids is 1. The van der Waals surface area contributed by atoms with Crippen LogP contribution in [-0.2, 0) is 15.9 Å². The lowest BCUT2D eigenvalue weighted by atomic mass is 9.83. The minimum absolute atomic E-state index is 0.164. The zero-order valence-electron chi connectivity index (χ0n) is 14.4. The van der Waals surface area contributed by atoms with E-state index in [2.05, 4.69) is 15.3 Å². The fraction of sp³-hybridized carbons (Fsp3) is 0.706. The van der Waals surface area contributed by atoms with Gasteiger partial charge in [-0.1, -0.05) is 0 Å². The number of nitrogens with zero attached hydrogens (tertiary/aromatic N) is 2. The van der Waals surface area contributed by atoms with Gasteiger partial charge < -0.3 is 20.5 Å². The van der Waals surface area contributed by atoms with Crippen molar-refractivity contribution in [2.24, 2.45) is 11.7 Å². The number of aromatic nitrogens is 2. The molecule has 0 bridgehead atoms. The lowest BCUT2D eigenvalue weighted by Gasteiger charge is -2.35. The van der Waals surface area contributed by atoms with E-state index >= 15 is 0 Å². The first-order valence-electron chi connectivity index (χ1n) is 8.67. The Hall–Kier alpha value is -1.73. The molecule has 24 heavy (non-hydrogen) atoms. The molecule has 1 aliphatic carbocycles. The summed E-state index contributed by atoms with van der Waals surface area (Å²) in [5.74, 6) is 0.932. The monoisotopic (exact) mass is 334 g/mol. The van der Waals surface area contributed by atoms with Gasteiger partial charge in [0.15, 0.2) is 5.79 Å². The fourth-order valence-electron chi connectivity index (χ4n) is 3.45. The van der Waals surface area contributed by atoms with Crippen molar-refractivity contribution in [1.82, 2.24) is 9.97 Å². The normalized spacial score (nSPS) is 20.6. The minimum atomic E-state index is -0.514. The standard InChI is InChI=1S/C17H26N4O3/c1-11(2)20-16-13(15(18)22)10-19-14(21-16)9-12-3-5-17(6-4-12)23-7-8-24-17/h10-12H,3-9H2,1-2H3,(H2,18,22)(H,19,20,21). The summed E-state index contributed by atoms with van der Waals surface area (Å²) in [7, 11) is 0. The topological polar surface area (TPSA) is 99.4 Å². The van der Waals surface area contributed by atoms with Crippen LogP contribution in [-0.4, -0.2) is 40.9 Å². The van der Waals surface area contributed by atoms with Gasteiger partial charge in [-0.05, 0) is 32.6 Å². The van der Waals surface area contributed by atoms with Crippen LogP contribution in [0.25, 0.3) is 0 Å².